The lowest BCUT2D eigenvalue weighted by atomic mass is 10.1. The van der Waals surface area contributed by atoms with Crippen molar-refractivity contribution in [2.45, 2.75) is 45.8 Å². The largest absolute Gasteiger partial charge is 0.490 e. The average Bonchev–Trinajstić information content (AvgIpc) is 2.55. The number of nitrogens with zero attached hydrogens (tertiary/aromatic N) is 1. The number of ether oxygens (including phenoxy) is 2. The van der Waals surface area contributed by atoms with Gasteiger partial charge in [-0.15, -0.1) is 0 Å². The van der Waals surface area contributed by atoms with Crippen LogP contribution in [-0.4, -0.2) is 36.2 Å². The molecule has 1 amide bonds. The molecule has 2 aromatic rings. The molecule has 3 N–H and O–H groups in total. The van der Waals surface area contributed by atoms with Crippen LogP contribution in [0.2, 0.25) is 0 Å². The van der Waals surface area contributed by atoms with E-state index in [1.54, 1.807) is 6.07 Å². The number of benzene rings is 1. The minimum atomic E-state index is -0.528. The number of primary amides is 1. The molecule has 0 unspecified atom stereocenters. The molecule has 1 atom stereocenters. The minimum absolute atomic E-state index is 0.0686. The Kier molecular flexibility index (Phi) is 5.08. The normalized spacial score (nSPS) is 17.7. The highest BCUT2D eigenvalue weighted by Crippen LogP contribution is 2.33. The highest BCUT2D eigenvalue weighted by Gasteiger charge is 2.19. The van der Waals surface area contributed by atoms with Gasteiger partial charge < -0.3 is 20.5 Å². The topological polar surface area (TPSA) is 86.5 Å². The number of aryl methyl sites for hydroxylation is 1. The first kappa shape index (κ1) is 17.5. The third kappa shape index (κ3) is 4.02. The van der Waals surface area contributed by atoms with Crippen LogP contribution < -0.4 is 20.5 Å². The Labute approximate surface area is 147 Å². The van der Waals surface area contributed by atoms with Crippen molar-refractivity contribution in [3.63, 3.8) is 0 Å². The van der Waals surface area contributed by atoms with E-state index in [9.17, 15) is 4.79 Å². The maximum absolute atomic E-state index is 11.8. The number of pyridine rings is 1. The van der Waals surface area contributed by atoms with E-state index in [4.69, 9.17) is 15.2 Å². The molecule has 134 valence electrons. The number of nitrogens with two attached hydrogens (primary N) is 1. The van der Waals surface area contributed by atoms with Gasteiger partial charge in [-0.05, 0) is 52.3 Å². The summed E-state index contributed by atoms with van der Waals surface area (Å²) in [6.07, 6.45) is 2.18. The van der Waals surface area contributed by atoms with Gasteiger partial charge in [0.05, 0.1) is 17.2 Å². The molecule has 0 bridgehead atoms. The number of hydrogen-bond acceptors (Lipinski definition) is 5. The summed E-state index contributed by atoms with van der Waals surface area (Å²) >= 11 is 0. The maximum atomic E-state index is 11.8. The molecule has 6 heteroatoms. The molecule has 1 fully saturated rings. The Morgan fingerprint density at radius 2 is 2.12 bits per heavy atom. The van der Waals surface area contributed by atoms with Crippen LogP contribution in [0.5, 0.6) is 11.5 Å². The number of rotatable bonds is 5. The van der Waals surface area contributed by atoms with Crippen LogP contribution in [0, 0.1) is 6.92 Å². The SMILES string of the molecule is Cc1cc(O[C@@H]2CCCNC2)c2cc(OC(C)C)c(C(N)=O)cc2n1. The molecule has 6 nitrogen and oxygen atoms in total. The first-order valence-corrected chi connectivity index (χ1v) is 8.73. The summed E-state index contributed by atoms with van der Waals surface area (Å²) in [5.74, 6) is 0.702. The number of hydrogen-bond donors (Lipinski definition) is 2. The fraction of sp³-hybridized carbons (Fsp3) is 0.474. The summed E-state index contributed by atoms with van der Waals surface area (Å²) in [4.78, 5) is 16.3. The Balaban J connectivity index is 2.07. The predicted molar refractivity (Wildman–Crippen MR) is 97.3 cm³/mol. The van der Waals surface area contributed by atoms with Crippen molar-refractivity contribution in [3.8, 4) is 11.5 Å². The molecule has 1 aromatic carbocycles. The monoisotopic (exact) mass is 343 g/mol. The van der Waals surface area contributed by atoms with Gasteiger partial charge in [-0.2, -0.15) is 0 Å². The third-order valence-corrected chi connectivity index (χ3v) is 4.17. The van der Waals surface area contributed by atoms with Gasteiger partial charge in [0.2, 0.25) is 0 Å². The molecular formula is C19H25N3O3. The van der Waals surface area contributed by atoms with Gasteiger partial charge in [0.25, 0.3) is 5.91 Å². The molecule has 1 aliphatic heterocycles. The van der Waals surface area contributed by atoms with E-state index in [2.05, 4.69) is 10.3 Å². The fourth-order valence-corrected chi connectivity index (χ4v) is 3.09. The summed E-state index contributed by atoms with van der Waals surface area (Å²) < 4.78 is 12.0. The number of nitrogens with one attached hydrogen (secondary N) is 1. The number of piperidine rings is 1. The molecule has 2 heterocycles. The summed E-state index contributed by atoms with van der Waals surface area (Å²) in [7, 11) is 0. The van der Waals surface area contributed by atoms with E-state index < -0.39 is 5.91 Å². The van der Waals surface area contributed by atoms with Gasteiger partial charge in [-0.25, -0.2) is 0 Å². The summed E-state index contributed by atoms with van der Waals surface area (Å²) in [6, 6.07) is 5.43. The lowest BCUT2D eigenvalue weighted by Crippen LogP contribution is -2.37. The maximum Gasteiger partial charge on any atom is 0.252 e. The Hall–Kier alpha value is -2.34. The second-order valence-corrected chi connectivity index (χ2v) is 6.74. The van der Waals surface area contributed by atoms with Crippen LogP contribution in [0.15, 0.2) is 18.2 Å². The van der Waals surface area contributed by atoms with E-state index >= 15 is 0 Å². The van der Waals surface area contributed by atoms with Crippen LogP contribution in [0.3, 0.4) is 0 Å². The average molecular weight is 343 g/mol. The summed E-state index contributed by atoms with van der Waals surface area (Å²) in [6.45, 7) is 7.59. The molecule has 0 radical (unpaired) electrons. The van der Waals surface area contributed by atoms with Crippen molar-refractivity contribution in [3.05, 3.63) is 29.5 Å². The van der Waals surface area contributed by atoms with Crippen LogP contribution in [-0.2, 0) is 0 Å². The van der Waals surface area contributed by atoms with Crippen molar-refractivity contribution in [2.75, 3.05) is 13.1 Å². The van der Waals surface area contributed by atoms with Gasteiger partial charge in [0, 0.05) is 23.7 Å². The van der Waals surface area contributed by atoms with E-state index in [1.807, 2.05) is 32.9 Å². The van der Waals surface area contributed by atoms with Crippen molar-refractivity contribution in [2.24, 2.45) is 5.73 Å². The third-order valence-electron chi connectivity index (χ3n) is 4.17. The number of aromatic nitrogens is 1. The first-order chi connectivity index (χ1) is 11.9. The number of fused-ring (bicyclic) bond motifs is 1. The molecule has 0 saturated carbocycles. The van der Waals surface area contributed by atoms with Crippen molar-refractivity contribution < 1.29 is 14.3 Å². The molecule has 0 aliphatic carbocycles. The van der Waals surface area contributed by atoms with Gasteiger partial charge in [-0.3, -0.25) is 9.78 Å². The van der Waals surface area contributed by atoms with E-state index in [-0.39, 0.29) is 12.2 Å². The van der Waals surface area contributed by atoms with E-state index in [0.717, 1.165) is 42.8 Å². The van der Waals surface area contributed by atoms with Gasteiger partial charge in [-0.1, -0.05) is 0 Å². The summed E-state index contributed by atoms with van der Waals surface area (Å²) in [5, 5.41) is 4.18. The second kappa shape index (κ2) is 7.27. The molecule has 3 rings (SSSR count). The van der Waals surface area contributed by atoms with Crippen molar-refractivity contribution in [1.82, 2.24) is 10.3 Å². The van der Waals surface area contributed by atoms with Gasteiger partial charge in [0.1, 0.15) is 17.6 Å². The number of carbonyl (C=O) groups is 1. The molecule has 1 saturated heterocycles. The highest BCUT2D eigenvalue weighted by atomic mass is 16.5. The quantitative estimate of drug-likeness (QED) is 0.871. The zero-order valence-corrected chi connectivity index (χ0v) is 15.0. The first-order valence-electron chi connectivity index (χ1n) is 8.73. The molecule has 0 spiro atoms. The summed E-state index contributed by atoms with van der Waals surface area (Å²) in [5.41, 5.74) is 7.37. The molecule has 1 aromatic heterocycles. The van der Waals surface area contributed by atoms with Crippen molar-refractivity contribution in [1.29, 1.82) is 0 Å². The van der Waals surface area contributed by atoms with Crippen LogP contribution in [0.25, 0.3) is 10.9 Å². The van der Waals surface area contributed by atoms with Gasteiger partial charge in [0.15, 0.2) is 0 Å². The highest BCUT2D eigenvalue weighted by molar-refractivity contribution is 6.01. The van der Waals surface area contributed by atoms with Crippen LogP contribution >= 0.6 is 0 Å². The molecule has 25 heavy (non-hydrogen) atoms. The fourth-order valence-electron chi connectivity index (χ4n) is 3.09. The minimum Gasteiger partial charge on any atom is -0.490 e. The van der Waals surface area contributed by atoms with E-state index in [0.29, 0.717) is 16.8 Å². The zero-order chi connectivity index (χ0) is 18.0. The molecular weight excluding hydrogens is 318 g/mol. The van der Waals surface area contributed by atoms with Crippen LogP contribution in [0.4, 0.5) is 0 Å². The number of amides is 1. The standard InChI is InChI=1S/C19H25N3O3/c1-11(2)24-18-9-14-16(8-15(18)19(20)23)22-12(3)7-17(14)25-13-5-4-6-21-10-13/h7-9,11,13,21H,4-6,10H2,1-3H3,(H2,20,23)/t13-/m1/s1. The van der Waals surface area contributed by atoms with E-state index in [1.165, 1.54) is 0 Å². The smallest absolute Gasteiger partial charge is 0.252 e. The Morgan fingerprint density at radius 3 is 2.76 bits per heavy atom. The number of carbonyl (C=O) groups excluding carboxylic acids is 1. The van der Waals surface area contributed by atoms with Gasteiger partial charge >= 0.3 is 0 Å². The zero-order valence-electron chi connectivity index (χ0n) is 15.0. The van der Waals surface area contributed by atoms with Crippen molar-refractivity contribution >= 4 is 16.8 Å². The van der Waals surface area contributed by atoms with Crippen LogP contribution in [0.1, 0.15) is 42.7 Å². The Bertz CT molecular complexity index is 783. The Morgan fingerprint density at radius 1 is 1.32 bits per heavy atom. The lowest BCUT2D eigenvalue weighted by Gasteiger charge is -2.25. The predicted octanol–water partition coefficient (Wildman–Crippen LogP) is 2.56. The lowest BCUT2D eigenvalue weighted by molar-refractivity contribution is 0.0994. The second-order valence-electron chi connectivity index (χ2n) is 6.74. The molecule has 1 aliphatic rings.